The summed E-state index contributed by atoms with van der Waals surface area (Å²) < 4.78 is 0. The summed E-state index contributed by atoms with van der Waals surface area (Å²) in [5.74, 6) is -0.377. The first kappa shape index (κ1) is 13.6. The second-order valence-corrected chi connectivity index (χ2v) is 4.77. The molecule has 0 fully saturated rings. The van der Waals surface area contributed by atoms with Gasteiger partial charge in [-0.25, -0.2) is 4.98 Å². The molecule has 19 heavy (non-hydrogen) atoms. The van der Waals surface area contributed by atoms with Crippen molar-refractivity contribution in [3.05, 3.63) is 51.8 Å². The third kappa shape index (κ3) is 2.97. The number of nitrogens with zero attached hydrogens (tertiary/aromatic N) is 1. The summed E-state index contributed by atoms with van der Waals surface area (Å²) in [7, 11) is 0. The average molecular weight is 296 g/mol. The van der Waals surface area contributed by atoms with Crippen molar-refractivity contribution in [2.45, 2.75) is 6.92 Å². The molecule has 4 nitrogen and oxygen atoms in total. The third-order valence-corrected chi connectivity index (χ3v) is 3.13. The first-order chi connectivity index (χ1) is 8.99. The van der Waals surface area contributed by atoms with Crippen LogP contribution in [0.2, 0.25) is 10.2 Å². The Hall–Kier alpha value is -1.78. The van der Waals surface area contributed by atoms with Gasteiger partial charge in [-0.15, -0.1) is 0 Å². The van der Waals surface area contributed by atoms with Crippen LogP contribution in [0.15, 0.2) is 30.5 Å². The normalized spacial score (nSPS) is 10.3. The van der Waals surface area contributed by atoms with Gasteiger partial charge in [0.05, 0.1) is 11.3 Å². The number of hydrogen-bond acceptors (Lipinski definition) is 3. The van der Waals surface area contributed by atoms with E-state index in [1.807, 2.05) is 6.92 Å². The maximum atomic E-state index is 12.2. The van der Waals surface area contributed by atoms with Crippen LogP contribution < -0.4 is 11.1 Å². The van der Waals surface area contributed by atoms with Crippen LogP contribution in [0, 0.1) is 6.92 Å². The van der Waals surface area contributed by atoms with E-state index in [-0.39, 0.29) is 11.1 Å². The molecule has 0 aliphatic rings. The largest absolute Gasteiger partial charge is 0.398 e. The maximum absolute atomic E-state index is 12.2. The number of halogens is 2. The van der Waals surface area contributed by atoms with Gasteiger partial charge in [0, 0.05) is 16.9 Å². The number of nitrogen functional groups attached to an aromatic ring is 1. The Kier molecular flexibility index (Phi) is 3.93. The van der Waals surface area contributed by atoms with Gasteiger partial charge in [0.15, 0.2) is 5.15 Å². The molecule has 2 rings (SSSR count). The van der Waals surface area contributed by atoms with Gasteiger partial charge in [0.1, 0.15) is 0 Å². The van der Waals surface area contributed by atoms with Crippen molar-refractivity contribution >= 4 is 40.5 Å². The lowest BCUT2D eigenvalue weighted by Crippen LogP contribution is -2.15. The highest BCUT2D eigenvalue weighted by Gasteiger charge is 2.14. The van der Waals surface area contributed by atoms with Crippen molar-refractivity contribution in [1.29, 1.82) is 0 Å². The van der Waals surface area contributed by atoms with E-state index in [0.29, 0.717) is 22.0 Å². The lowest BCUT2D eigenvalue weighted by atomic mass is 10.1. The van der Waals surface area contributed by atoms with Crippen molar-refractivity contribution in [1.82, 2.24) is 4.98 Å². The highest BCUT2D eigenvalue weighted by molar-refractivity contribution is 6.33. The number of carbonyl (C=O) groups excluding carboxylic acids is 1. The van der Waals surface area contributed by atoms with E-state index in [0.717, 1.165) is 5.56 Å². The predicted octanol–water partition coefficient (Wildman–Crippen LogP) is 3.53. The Morgan fingerprint density at radius 2 is 2.05 bits per heavy atom. The van der Waals surface area contributed by atoms with Gasteiger partial charge in [-0.3, -0.25) is 4.79 Å². The molecule has 0 aliphatic heterocycles. The van der Waals surface area contributed by atoms with Crippen LogP contribution in [0.3, 0.4) is 0 Å². The number of aromatic nitrogens is 1. The average Bonchev–Trinajstić information content (AvgIpc) is 2.37. The van der Waals surface area contributed by atoms with E-state index in [2.05, 4.69) is 10.3 Å². The summed E-state index contributed by atoms with van der Waals surface area (Å²) in [5, 5.41) is 3.36. The van der Waals surface area contributed by atoms with E-state index in [1.54, 1.807) is 24.4 Å². The fourth-order valence-corrected chi connectivity index (χ4v) is 2.01. The van der Waals surface area contributed by atoms with E-state index < -0.39 is 0 Å². The number of amides is 1. The fraction of sp³-hybridized carbons (Fsp3) is 0.0769. The van der Waals surface area contributed by atoms with Crippen LogP contribution in [0.4, 0.5) is 11.4 Å². The minimum atomic E-state index is -0.377. The molecule has 1 amide bonds. The Morgan fingerprint density at radius 1 is 1.32 bits per heavy atom. The van der Waals surface area contributed by atoms with Crippen LogP contribution >= 0.6 is 23.2 Å². The minimum absolute atomic E-state index is 0.231. The molecular formula is C13H11Cl2N3O. The van der Waals surface area contributed by atoms with E-state index in [4.69, 9.17) is 28.9 Å². The monoisotopic (exact) mass is 295 g/mol. The maximum Gasteiger partial charge on any atom is 0.257 e. The van der Waals surface area contributed by atoms with E-state index in [1.165, 1.54) is 6.07 Å². The molecule has 0 unspecified atom stereocenters. The lowest BCUT2D eigenvalue weighted by Gasteiger charge is -2.11. The SMILES string of the molecule is Cc1ccnc(Cl)c1NC(=O)c1cc(Cl)ccc1N. The van der Waals surface area contributed by atoms with Crippen molar-refractivity contribution in [2.24, 2.45) is 0 Å². The van der Waals surface area contributed by atoms with Crippen LogP contribution in [0.25, 0.3) is 0 Å². The molecule has 0 aliphatic carbocycles. The van der Waals surface area contributed by atoms with Crippen molar-refractivity contribution in [3.8, 4) is 0 Å². The number of benzene rings is 1. The Labute approximate surface area is 120 Å². The molecule has 0 saturated heterocycles. The molecule has 3 N–H and O–H groups in total. The van der Waals surface area contributed by atoms with Gasteiger partial charge in [0.2, 0.25) is 0 Å². The first-order valence-electron chi connectivity index (χ1n) is 5.46. The highest BCUT2D eigenvalue weighted by atomic mass is 35.5. The van der Waals surface area contributed by atoms with Crippen molar-refractivity contribution in [2.75, 3.05) is 11.1 Å². The van der Waals surface area contributed by atoms with Gasteiger partial charge in [0.25, 0.3) is 5.91 Å². The number of anilines is 2. The molecule has 0 atom stereocenters. The summed E-state index contributed by atoms with van der Waals surface area (Å²) in [6.45, 7) is 1.82. The fourth-order valence-electron chi connectivity index (χ4n) is 1.58. The number of aryl methyl sites for hydroxylation is 1. The van der Waals surface area contributed by atoms with Crippen LogP contribution in [-0.2, 0) is 0 Å². The van der Waals surface area contributed by atoms with Crippen LogP contribution in [0.1, 0.15) is 15.9 Å². The number of nitrogens with one attached hydrogen (secondary N) is 1. The molecule has 0 radical (unpaired) electrons. The van der Waals surface area contributed by atoms with E-state index in [9.17, 15) is 4.79 Å². The summed E-state index contributed by atoms with van der Waals surface area (Å²) in [4.78, 5) is 16.1. The van der Waals surface area contributed by atoms with Gasteiger partial charge in [-0.2, -0.15) is 0 Å². The summed E-state index contributed by atoms with van der Waals surface area (Å²) in [6.07, 6.45) is 1.57. The van der Waals surface area contributed by atoms with Gasteiger partial charge >= 0.3 is 0 Å². The molecule has 1 heterocycles. The molecule has 0 spiro atoms. The molecule has 98 valence electrons. The van der Waals surface area contributed by atoms with Crippen LogP contribution in [-0.4, -0.2) is 10.9 Å². The number of carbonyl (C=O) groups is 1. The lowest BCUT2D eigenvalue weighted by molar-refractivity contribution is 0.102. The van der Waals surface area contributed by atoms with Crippen molar-refractivity contribution < 1.29 is 4.79 Å². The zero-order chi connectivity index (χ0) is 14.0. The summed E-state index contributed by atoms with van der Waals surface area (Å²) in [6, 6.07) is 6.46. The quantitative estimate of drug-likeness (QED) is 0.658. The number of rotatable bonds is 2. The molecule has 0 bridgehead atoms. The Morgan fingerprint density at radius 3 is 2.74 bits per heavy atom. The number of hydrogen-bond donors (Lipinski definition) is 2. The molecule has 6 heteroatoms. The van der Waals surface area contributed by atoms with E-state index >= 15 is 0 Å². The molecular weight excluding hydrogens is 285 g/mol. The summed E-state index contributed by atoms with van der Waals surface area (Å²) in [5.41, 5.74) is 7.68. The molecule has 1 aromatic carbocycles. The first-order valence-corrected chi connectivity index (χ1v) is 6.22. The standard InChI is InChI=1S/C13H11Cl2N3O/c1-7-4-5-17-12(15)11(7)18-13(19)9-6-8(14)2-3-10(9)16/h2-6H,16H2,1H3,(H,18,19). The van der Waals surface area contributed by atoms with Gasteiger partial charge in [-0.1, -0.05) is 23.2 Å². The van der Waals surface area contributed by atoms with Crippen molar-refractivity contribution in [3.63, 3.8) is 0 Å². The summed E-state index contributed by atoms with van der Waals surface area (Å²) >= 11 is 11.8. The number of nitrogens with two attached hydrogens (primary N) is 1. The topological polar surface area (TPSA) is 68.0 Å². The zero-order valence-electron chi connectivity index (χ0n) is 10.1. The zero-order valence-corrected chi connectivity index (χ0v) is 11.6. The molecule has 1 aromatic heterocycles. The van der Waals surface area contributed by atoms with Crippen LogP contribution in [0.5, 0.6) is 0 Å². The molecule has 0 saturated carbocycles. The second kappa shape index (κ2) is 5.47. The number of pyridine rings is 1. The Bertz CT molecular complexity index is 624. The Balaban J connectivity index is 2.34. The predicted molar refractivity (Wildman–Crippen MR) is 77.8 cm³/mol. The smallest absolute Gasteiger partial charge is 0.257 e. The second-order valence-electron chi connectivity index (χ2n) is 3.98. The van der Waals surface area contributed by atoms with Gasteiger partial charge in [-0.05, 0) is 36.8 Å². The highest BCUT2D eigenvalue weighted by Crippen LogP contribution is 2.25. The minimum Gasteiger partial charge on any atom is -0.398 e. The van der Waals surface area contributed by atoms with Gasteiger partial charge < -0.3 is 11.1 Å². The third-order valence-electron chi connectivity index (χ3n) is 2.61. The molecule has 2 aromatic rings.